The molecule has 1 saturated carbocycles. The number of ether oxygens (including phenoxy) is 1. The molecule has 0 radical (unpaired) electrons. The van der Waals surface area contributed by atoms with Crippen LogP contribution in [0.5, 0.6) is 0 Å². The molecule has 0 aliphatic heterocycles. The van der Waals surface area contributed by atoms with Gasteiger partial charge < -0.3 is 9.84 Å². The van der Waals surface area contributed by atoms with E-state index in [4.69, 9.17) is 11.5 Å². The topological polar surface area (TPSA) is 46.5 Å². The molecule has 1 fully saturated rings. The van der Waals surface area contributed by atoms with Gasteiger partial charge in [-0.25, -0.2) is 4.79 Å². The monoisotopic (exact) mass is 252 g/mol. The zero-order valence-corrected chi connectivity index (χ0v) is 11.3. The summed E-state index contributed by atoms with van der Waals surface area (Å²) in [6.45, 7) is 2.33. The van der Waals surface area contributed by atoms with Gasteiger partial charge in [-0.15, -0.1) is 12.3 Å². The number of terminal acetylenes is 1. The van der Waals surface area contributed by atoms with E-state index in [2.05, 4.69) is 10.7 Å². The zero-order valence-electron chi connectivity index (χ0n) is 11.3. The Balaban J connectivity index is 2.37. The number of hydrogen-bond donors (Lipinski definition) is 1. The SMILES string of the molecule is C#CCC1(CCC(C)COC(=O)O)CCCCC1. The highest BCUT2D eigenvalue weighted by Crippen LogP contribution is 2.43. The maximum Gasteiger partial charge on any atom is 0.505 e. The summed E-state index contributed by atoms with van der Waals surface area (Å²) in [4.78, 5) is 10.3. The maximum atomic E-state index is 10.3. The van der Waals surface area contributed by atoms with Crippen molar-refractivity contribution in [3.8, 4) is 12.3 Å². The molecule has 3 heteroatoms. The molecule has 1 aliphatic rings. The van der Waals surface area contributed by atoms with Crippen molar-refractivity contribution in [3.05, 3.63) is 0 Å². The molecule has 0 aromatic heterocycles. The summed E-state index contributed by atoms with van der Waals surface area (Å²) < 4.78 is 4.61. The third-order valence-electron chi connectivity index (χ3n) is 4.05. The van der Waals surface area contributed by atoms with Gasteiger partial charge in [-0.05, 0) is 37.0 Å². The van der Waals surface area contributed by atoms with Gasteiger partial charge in [0, 0.05) is 6.42 Å². The first-order valence-corrected chi connectivity index (χ1v) is 6.87. The minimum atomic E-state index is -1.18. The second-order valence-corrected chi connectivity index (χ2v) is 5.66. The molecule has 3 nitrogen and oxygen atoms in total. The molecule has 1 aliphatic carbocycles. The second kappa shape index (κ2) is 7.31. The van der Waals surface area contributed by atoms with Crippen LogP contribution in [0, 0.1) is 23.7 Å². The lowest BCUT2D eigenvalue weighted by atomic mass is 9.68. The normalized spacial score (nSPS) is 19.8. The first-order valence-electron chi connectivity index (χ1n) is 6.87. The number of carboxylic acid groups (broad SMARTS) is 1. The van der Waals surface area contributed by atoms with Crippen LogP contribution in [0.4, 0.5) is 4.79 Å². The van der Waals surface area contributed by atoms with E-state index in [-0.39, 0.29) is 5.92 Å². The molecular formula is C15H24O3. The molecule has 0 saturated heterocycles. The summed E-state index contributed by atoms with van der Waals surface area (Å²) >= 11 is 0. The molecule has 0 amide bonds. The van der Waals surface area contributed by atoms with Crippen molar-refractivity contribution in [1.82, 2.24) is 0 Å². The van der Waals surface area contributed by atoms with Crippen LogP contribution in [-0.2, 0) is 4.74 Å². The van der Waals surface area contributed by atoms with Crippen LogP contribution >= 0.6 is 0 Å². The van der Waals surface area contributed by atoms with Gasteiger partial charge in [-0.3, -0.25) is 0 Å². The van der Waals surface area contributed by atoms with Crippen molar-refractivity contribution in [2.24, 2.45) is 11.3 Å². The first-order chi connectivity index (χ1) is 8.58. The van der Waals surface area contributed by atoms with Crippen LogP contribution in [0.15, 0.2) is 0 Å². The largest absolute Gasteiger partial charge is 0.505 e. The van der Waals surface area contributed by atoms with E-state index in [1.165, 1.54) is 32.1 Å². The Morgan fingerprint density at radius 3 is 2.67 bits per heavy atom. The van der Waals surface area contributed by atoms with Crippen molar-refractivity contribution >= 4 is 6.16 Å². The number of carbonyl (C=O) groups is 1. The van der Waals surface area contributed by atoms with Crippen LogP contribution in [0.2, 0.25) is 0 Å². The summed E-state index contributed by atoms with van der Waals surface area (Å²) in [7, 11) is 0. The van der Waals surface area contributed by atoms with Gasteiger partial charge in [0.25, 0.3) is 0 Å². The third-order valence-corrected chi connectivity index (χ3v) is 4.05. The molecule has 18 heavy (non-hydrogen) atoms. The lowest BCUT2D eigenvalue weighted by Gasteiger charge is -2.36. The van der Waals surface area contributed by atoms with Crippen LogP contribution in [0.3, 0.4) is 0 Å². The van der Waals surface area contributed by atoms with Crippen LogP contribution < -0.4 is 0 Å². The van der Waals surface area contributed by atoms with E-state index >= 15 is 0 Å². The Kier molecular flexibility index (Phi) is 6.04. The molecule has 0 aromatic rings. The van der Waals surface area contributed by atoms with Crippen molar-refractivity contribution in [2.75, 3.05) is 6.61 Å². The molecule has 0 bridgehead atoms. The third kappa shape index (κ3) is 5.00. The minimum Gasteiger partial charge on any atom is -0.450 e. The molecule has 1 rings (SSSR count). The summed E-state index contributed by atoms with van der Waals surface area (Å²) in [5.74, 6) is 3.10. The minimum absolute atomic E-state index is 0.276. The van der Waals surface area contributed by atoms with E-state index in [0.29, 0.717) is 12.0 Å². The highest BCUT2D eigenvalue weighted by molar-refractivity contribution is 5.56. The van der Waals surface area contributed by atoms with Crippen molar-refractivity contribution in [2.45, 2.75) is 58.3 Å². The average Bonchev–Trinajstić information content (AvgIpc) is 2.35. The first kappa shape index (κ1) is 14.9. The fraction of sp³-hybridized carbons (Fsp3) is 0.800. The average molecular weight is 252 g/mol. The molecule has 0 aromatic carbocycles. The van der Waals surface area contributed by atoms with Gasteiger partial charge in [0.1, 0.15) is 0 Å². The lowest BCUT2D eigenvalue weighted by Crippen LogP contribution is -2.25. The Hall–Kier alpha value is -1.17. The molecule has 102 valence electrons. The summed E-state index contributed by atoms with van der Waals surface area (Å²) in [5, 5.41) is 8.47. The quantitative estimate of drug-likeness (QED) is 0.572. The molecule has 1 N–H and O–H groups in total. The Labute approximate surface area is 110 Å². The Bertz CT molecular complexity index is 297. The summed E-state index contributed by atoms with van der Waals surface area (Å²) in [6, 6.07) is 0. The van der Waals surface area contributed by atoms with Gasteiger partial charge in [-0.2, -0.15) is 0 Å². The van der Waals surface area contributed by atoms with Crippen molar-refractivity contribution in [1.29, 1.82) is 0 Å². The summed E-state index contributed by atoms with van der Waals surface area (Å²) in [6.07, 6.45) is 13.6. The van der Waals surface area contributed by atoms with Crippen LogP contribution in [0.1, 0.15) is 58.3 Å². The van der Waals surface area contributed by atoms with Gasteiger partial charge >= 0.3 is 6.16 Å². The Morgan fingerprint density at radius 2 is 2.11 bits per heavy atom. The molecule has 0 spiro atoms. The second-order valence-electron chi connectivity index (χ2n) is 5.66. The van der Waals surface area contributed by atoms with Gasteiger partial charge in [0.2, 0.25) is 0 Å². The summed E-state index contributed by atoms with van der Waals surface area (Å²) in [5.41, 5.74) is 0.310. The predicted molar refractivity (Wildman–Crippen MR) is 71.3 cm³/mol. The van der Waals surface area contributed by atoms with Crippen LogP contribution in [-0.4, -0.2) is 17.9 Å². The molecular weight excluding hydrogens is 228 g/mol. The maximum absolute atomic E-state index is 10.3. The highest BCUT2D eigenvalue weighted by atomic mass is 16.7. The molecule has 1 atom stereocenters. The molecule has 1 unspecified atom stereocenters. The number of rotatable bonds is 6. The fourth-order valence-corrected chi connectivity index (χ4v) is 2.88. The highest BCUT2D eigenvalue weighted by Gasteiger charge is 2.31. The zero-order chi connectivity index (χ0) is 13.4. The smallest absolute Gasteiger partial charge is 0.450 e. The lowest BCUT2D eigenvalue weighted by molar-refractivity contribution is 0.0732. The van der Waals surface area contributed by atoms with Gasteiger partial charge in [-0.1, -0.05) is 26.2 Å². The van der Waals surface area contributed by atoms with E-state index in [1.54, 1.807) is 0 Å². The standard InChI is InChI=1S/C15H24O3/c1-3-8-15(9-5-4-6-10-15)11-7-13(2)12-18-14(16)17/h1,13H,4-12H2,2H3,(H,16,17). The van der Waals surface area contributed by atoms with E-state index in [9.17, 15) is 4.79 Å². The van der Waals surface area contributed by atoms with E-state index < -0.39 is 6.16 Å². The predicted octanol–water partition coefficient (Wildman–Crippen LogP) is 4.07. The number of hydrogen-bond acceptors (Lipinski definition) is 2. The fourth-order valence-electron chi connectivity index (χ4n) is 2.88. The van der Waals surface area contributed by atoms with E-state index in [1.807, 2.05) is 6.92 Å². The van der Waals surface area contributed by atoms with Gasteiger partial charge in [0.15, 0.2) is 0 Å². The van der Waals surface area contributed by atoms with E-state index in [0.717, 1.165) is 19.3 Å². The molecule has 0 heterocycles. The van der Waals surface area contributed by atoms with Gasteiger partial charge in [0.05, 0.1) is 6.61 Å². The van der Waals surface area contributed by atoms with Crippen molar-refractivity contribution in [3.63, 3.8) is 0 Å². The van der Waals surface area contributed by atoms with Crippen molar-refractivity contribution < 1.29 is 14.6 Å². The Morgan fingerprint density at radius 1 is 1.44 bits per heavy atom. The van der Waals surface area contributed by atoms with Crippen LogP contribution in [0.25, 0.3) is 0 Å².